The molecule has 0 spiro atoms. The molecule has 0 bridgehead atoms. The lowest BCUT2D eigenvalue weighted by Gasteiger charge is -2.21. The molecular formula is C24H19N5O5S. The van der Waals surface area contributed by atoms with Crippen LogP contribution in [-0.2, 0) is 14.8 Å². The second-order valence-corrected chi connectivity index (χ2v) is 9.70. The second-order valence-electron chi connectivity index (χ2n) is 7.84. The van der Waals surface area contributed by atoms with Crippen molar-refractivity contribution >= 4 is 55.9 Å². The van der Waals surface area contributed by atoms with Gasteiger partial charge in [0.15, 0.2) is 11.6 Å². The maximum atomic E-state index is 13.7. The summed E-state index contributed by atoms with van der Waals surface area (Å²) in [7, 11) is -4.05. The molecule has 11 heteroatoms. The molecular weight excluding hydrogens is 470 g/mol. The van der Waals surface area contributed by atoms with Gasteiger partial charge < -0.3 is 15.3 Å². The normalized spacial score (nSPS) is 13.1. The highest BCUT2D eigenvalue weighted by atomic mass is 32.2. The Hall–Kier alpha value is -4.51. The number of amides is 1. The standard InChI is InChI=1S/C24H19N5O5S/c1-15(30)25-17-8-12-19(13-9-17)35(33,34)29-14-28(18-10-6-16(7-11-18)24(31)32)22-23(29)27-21-5-3-2-4-20(21)26-22/h2-13H,14H2,1H3,(H,25,30)(H,31,32). The topological polar surface area (TPSA) is 133 Å². The van der Waals surface area contributed by atoms with Gasteiger partial charge in [-0.15, -0.1) is 0 Å². The minimum Gasteiger partial charge on any atom is -0.478 e. The Bertz CT molecular complexity index is 1570. The van der Waals surface area contributed by atoms with Crippen LogP contribution in [0.15, 0.2) is 77.7 Å². The van der Waals surface area contributed by atoms with Crippen LogP contribution in [0.4, 0.5) is 23.0 Å². The van der Waals surface area contributed by atoms with Crippen LogP contribution in [0.3, 0.4) is 0 Å². The summed E-state index contributed by atoms with van der Waals surface area (Å²) in [6, 6.07) is 19.1. The fraction of sp³-hybridized carbons (Fsp3) is 0.0833. The van der Waals surface area contributed by atoms with E-state index in [2.05, 4.69) is 15.3 Å². The molecule has 0 saturated carbocycles. The molecule has 0 radical (unpaired) electrons. The van der Waals surface area contributed by atoms with E-state index in [-0.39, 0.29) is 28.9 Å². The molecule has 0 unspecified atom stereocenters. The average Bonchev–Trinajstić information content (AvgIpc) is 3.22. The number of para-hydroxylation sites is 2. The van der Waals surface area contributed by atoms with Gasteiger partial charge in [-0.3, -0.25) is 4.79 Å². The summed E-state index contributed by atoms with van der Waals surface area (Å²) >= 11 is 0. The van der Waals surface area contributed by atoms with Crippen LogP contribution in [0.25, 0.3) is 11.0 Å². The van der Waals surface area contributed by atoms with Crippen molar-refractivity contribution in [3.05, 3.63) is 78.4 Å². The van der Waals surface area contributed by atoms with Crippen molar-refractivity contribution in [2.45, 2.75) is 11.8 Å². The van der Waals surface area contributed by atoms with Crippen LogP contribution >= 0.6 is 0 Å². The first-order valence-corrected chi connectivity index (χ1v) is 12.0. The number of aromatic nitrogens is 2. The molecule has 0 saturated heterocycles. The molecule has 0 aliphatic carbocycles. The van der Waals surface area contributed by atoms with Crippen molar-refractivity contribution in [3.63, 3.8) is 0 Å². The third-order valence-electron chi connectivity index (χ3n) is 5.48. The summed E-state index contributed by atoms with van der Waals surface area (Å²) in [5.41, 5.74) is 2.29. The Balaban J connectivity index is 1.60. The Kier molecular flexibility index (Phi) is 5.33. The van der Waals surface area contributed by atoms with Crippen molar-refractivity contribution in [2.24, 2.45) is 0 Å². The van der Waals surface area contributed by atoms with Gasteiger partial charge >= 0.3 is 5.97 Å². The minimum atomic E-state index is -4.05. The Morgan fingerprint density at radius 2 is 1.49 bits per heavy atom. The molecule has 2 heterocycles. The van der Waals surface area contributed by atoms with Gasteiger partial charge in [0.1, 0.15) is 6.67 Å². The Morgan fingerprint density at radius 1 is 0.886 bits per heavy atom. The molecule has 2 N–H and O–H groups in total. The van der Waals surface area contributed by atoms with Crippen molar-refractivity contribution < 1.29 is 23.1 Å². The molecule has 35 heavy (non-hydrogen) atoms. The fourth-order valence-corrected chi connectivity index (χ4v) is 5.16. The number of nitrogens with one attached hydrogen (secondary N) is 1. The van der Waals surface area contributed by atoms with E-state index in [0.29, 0.717) is 28.2 Å². The number of carbonyl (C=O) groups excluding carboxylic acids is 1. The maximum Gasteiger partial charge on any atom is 0.335 e. The zero-order chi connectivity index (χ0) is 24.7. The van der Waals surface area contributed by atoms with Crippen LogP contribution in [0, 0.1) is 0 Å². The summed E-state index contributed by atoms with van der Waals surface area (Å²) in [6.45, 7) is 1.26. The van der Waals surface area contributed by atoms with Gasteiger partial charge in [0.05, 0.1) is 21.5 Å². The van der Waals surface area contributed by atoms with Gasteiger partial charge in [-0.1, -0.05) is 12.1 Å². The van der Waals surface area contributed by atoms with E-state index in [4.69, 9.17) is 0 Å². The molecule has 1 aliphatic heterocycles. The van der Waals surface area contributed by atoms with E-state index >= 15 is 0 Å². The summed E-state index contributed by atoms with van der Waals surface area (Å²) < 4.78 is 28.5. The van der Waals surface area contributed by atoms with Crippen molar-refractivity contribution in [1.29, 1.82) is 0 Å². The monoisotopic (exact) mass is 489 g/mol. The second kappa shape index (κ2) is 8.37. The molecule has 1 aliphatic rings. The summed E-state index contributed by atoms with van der Waals surface area (Å²) in [6.07, 6.45) is 0. The SMILES string of the molecule is CC(=O)Nc1ccc(S(=O)(=O)N2CN(c3ccc(C(=O)O)cc3)c3nc4ccccc4nc32)cc1. The van der Waals surface area contributed by atoms with E-state index in [1.54, 1.807) is 35.2 Å². The number of fused-ring (bicyclic) bond motifs is 2. The highest BCUT2D eigenvalue weighted by Crippen LogP contribution is 2.41. The van der Waals surface area contributed by atoms with Crippen LogP contribution in [0.5, 0.6) is 0 Å². The summed E-state index contributed by atoms with van der Waals surface area (Å²) in [5.74, 6) is -0.820. The van der Waals surface area contributed by atoms with Gasteiger partial charge in [-0.05, 0) is 60.7 Å². The molecule has 1 aromatic heterocycles. The minimum absolute atomic E-state index is 0.0237. The third kappa shape index (κ3) is 4.02. The molecule has 5 rings (SSSR count). The number of carbonyl (C=O) groups is 2. The Labute approximate surface area is 200 Å². The summed E-state index contributed by atoms with van der Waals surface area (Å²) in [5, 5.41) is 11.8. The van der Waals surface area contributed by atoms with Crippen molar-refractivity contribution in [3.8, 4) is 0 Å². The number of sulfonamides is 1. The lowest BCUT2D eigenvalue weighted by atomic mass is 10.2. The molecule has 0 atom stereocenters. The maximum absolute atomic E-state index is 13.7. The number of rotatable bonds is 5. The Morgan fingerprint density at radius 3 is 2.06 bits per heavy atom. The molecule has 3 aromatic carbocycles. The number of anilines is 4. The zero-order valence-electron chi connectivity index (χ0n) is 18.4. The van der Waals surface area contributed by atoms with Crippen molar-refractivity contribution in [2.75, 3.05) is 21.2 Å². The predicted octanol–water partition coefficient (Wildman–Crippen LogP) is 3.59. The fourth-order valence-electron chi connectivity index (χ4n) is 3.81. The van der Waals surface area contributed by atoms with Gasteiger partial charge in [0.25, 0.3) is 10.0 Å². The number of hydrogen-bond donors (Lipinski definition) is 2. The quantitative estimate of drug-likeness (QED) is 0.435. The molecule has 4 aromatic rings. The van der Waals surface area contributed by atoms with Gasteiger partial charge in [0.2, 0.25) is 5.91 Å². The first kappa shape index (κ1) is 22.3. The first-order chi connectivity index (χ1) is 16.7. The third-order valence-corrected chi connectivity index (χ3v) is 7.22. The largest absolute Gasteiger partial charge is 0.478 e. The van der Waals surface area contributed by atoms with Gasteiger partial charge in [-0.25, -0.2) is 27.5 Å². The zero-order valence-corrected chi connectivity index (χ0v) is 19.2. The van der Waals surface area contributed by atoms with E-state index in [9.17, 15) is 23.1 Å². The average molecular weight is 490 g/mol. The van der Waals surface area contributed by atoms with E-state index < -0.39 is 16.0 Å². The van der Waals surface area contributed by atoms with E-state index in [1.165, 1.54) is 47.6 Å². The number of carboxylic acids is 1. The highest BCUT2D eigenvalue weighted by Gasteiger charge is 2.38. The number of nitrogens with zero attached hydrogens (tertiary/aromatic N) is 4. The molecule has 176 valence electrons. The lowest BCUT2D eigenvalue weighted by molar-refractivity contribution is -0.114. The van der Waals surface area contributed by atoms with Crippen LogP contribution in [0.2, 0.25) is 0 Å². The first-order valence-electron chi connectivity index (χ1n) is 10.5. The highest BCUT2D eigenvalue weighted by molar-refractivity contribution is 7.92. The van der Waals surface area contributed by atoms with Crippen LogP contribution in [0.1, 0.15) is 17.3 Å². The lowest BCUT2D eigenvalue weighted by Crippen LogP contribution is -2.34. The van der Waals surface area contributed by atoms with Crippen molar-refractivity contribution in [1.82, 2.24) is 9.97 Å². The smallest absolute Gasteiger partial charge is 0.335 e. The number of benzene rings is 3. The molecule has 10 nitrogen and oxygen atoms in total. The molecule has 0 fully saturated rings. The number of hydrogen-bond acceptors (Lipinski definition) is 7. The number of carboxylic acid groups (broad SMARTS) is 1. The van der Waals surface area contributed by atoms with Crippen LogP contribution < -0.4 is 14.5 Å². The van der Waals surface area contributed by atoms with Gasteiger partial charge in [0, 0.05) is 18.3 Å². The number of aromatic carboxylic acids is 1. The van der Waals surface area contributed by atoms with Gasteiger partial charge in [-0.2, -0.15) is 0 Å². The molecule has 1 amide bonds. The van der Waals surface area contributed by atoms with E-state index in [1.807, 2.05) is 6.07 Å². The van der Waals surface area contributed by atoms with Crippen LogP contribution in [-0.4, -0.2) is 42.0 Å². The van der Waals surface area contributed by atoms with E-state index in [0.717, 1.165) is 0 Å². The predicted molar refractivity (Wildman–Crippen MR) is 130 cm³/mol. The summed E-state index contributed by atoms with van der Waals surface area (Å²) in [4.78, 5) is 33.5.